The van der Waals surface area contributed by atoms with Crippen LogP contribution >= 0.6 is 11.3 Å². The van der Waals surface area contributed by atoms with Gasteiger partial charge in [0.1, 0.15) is 10.8 Å². The summed E-state index contributed by atoms with van der Waals surface area (Å²) in [7, 11) is 1.60. The summed E-state index contributed by atoms with van der Waals surface area (Å²) in [6.07, 6.45) is 0. The number of fused-ring (bicyclic) bond motifs is 1. The maximum Gasteiger partial charge on any atom is 0.234 e. The smallest absolute Gasteiger partial charge is 0.234 e. The first-order valence-electron chi connectivity index (χ1n) is 5.32. The highest BCUT2D eigenvalue weighted by atomic mass is 32.1. The minimum absolute atomic E-state index is 0.644. The van der Waals surface area contributed by atoms with E-state index in [1.165, 1.54) is 11.3 Å². The topological polar surface area (TPSA) is 78.3 Å². The highest BCUT2D eigenvalue weighted by Crippen LogP contribution is 2.31. The molecule has 0 spiro atoms. The Morgan fingerprint density at radius 3 is 2.94 bits per heavy atom. The second kappa shape index (κ2) is 3.95. The van der Waals surface area contributed by atoms with Gasteiger partial charge in [0, 0.05) is 11.8 Å². The van der Waals surface area contributed by atoms with E-state index in [2.05, 4.69) is 15.3 Å². The minimum Gasteiger partial charge on any atom is -0.496 e. The van der Waals surface area contributed by atoms with E-state index in [9.17, 15) is 0 Å². The summed E-state index contributed by atoms with van der Waals surface area (Å²) in [5.41, 5.74) is 7.20. The third-order valence-corrected chi connectivity index (χ3v) is 3.37. The fourth-order valence-electron chi connectivity index (χ4n) is 1.77. The molecule has 0 fully saturated rings. The summed E-state index contributed by atoms with van der Waals surface area (Å²) >= 11 is 1.50. The number of hydrogen-bond acceptors (Lipinski definition) is 6. The first kappa shape index (κ1) is 11.0. The summed E-state index contributed by atoms with van der Waals surface area (Å²) in [4.78, 5) is 0.765. The fraction of sp³-hybridized carbons (Fsp3) is 0.182. The Bertz CT molecular complexity index is 717. The second-order valence-electron chi connectivity index (χ2n) is 3.80. The fourth-order valence-corrected chi connectivity index (χ4v) is 2.46. The Hall–Kier alpha value is -2.15. The van der Waals surface area contributed by atoms with Crippen molar-refractivity contribution in [3.05, 3.63) is 23.2 Å². The maximum absolute atomic E-state index is 5.74. The van der Waals surface area contributed by atoms with Crippen molar-refractivity contribution >= 4 is 22.0 Å². The van der Waals surface area contributed by atoms with Crippen LogP contribution in [0.2, 0.25) is 0 Å². The normalized spacial score (nSPS) is 11.0. The van der Waals surface area contributed by atoms with Crippen LogP contribution in [0.3, 0.4) is 0 Å². The molecule has 0 saturated heterocycles. The van der Waals surface area contributed by atoms with Gasteiger partial charge in [-0.05, 0) is 19.1 Å². The lowest BCUT2D eigenvalue weighted by Crippen LogP contribution is -1.96. The Balaban J connectivity index is 2.25. The van der Waals surface area contributed by atoms with Crippen LogP contribution in [-0.4, -0.2) is 26.9 Å². The molecule has 2 N–H and O–H groups in total. The molecule has 92 valence electrons. The lowest BCUT2D eigenvalue weighted by Gasteiger charge is -2.06. The van der Waals surface area contributed by atoms with Gasteiger partial charge in [-0.1, -0.05) is 11.3 Å². The number of benzene rings is 1. The monoisotopic (exact) mass is 261 g/mol. The minimum atomic E-state index is 0.644. The van der Waals surface area contributed by atoms with Crippen molar-refractivity contribution in [1.29, 1.82) is 0 Å². The number of rotatable bonds is 2. The van der Waals surface area contributed by atoms with Crippen LogP contribution in [0.5, 0.6) is 5.75 Å². The van der Waals surface area contributed by atoms with E-state index >= 15 is 0 Å². The van der Waals surface area contributed by atoms with Crippen LogP contribution in [0.15, 0.2) is 18.2 Å². The summed E-state index contributed by atoms with van der Waals surface area (Å²) in [5.74, 6) is 1.32. The molecular formula is C11H11N5OS. The van der Waals surface area contributed by atoms with Crippen LogP contribution in [0.25, 0.3) is 16.3 Å². The molecule has 18 heavy (non-hydrogen) atoms. The molecule has 0 amide bonds. The number of aromatic nitrogens is 4. The van der Waals surface area contributed by atoms with Gasteiger partial charge in [-0.25, -0.2) is 0 Å². The van der Waals surface area contributed by atoms with E-state index in [0.29, 0.717) is 17.3 Å². The van der Waals surface area contributed by atoms with Gasteiger partial charge >= 0.3 is 0 Å². The number of nitrogen functional groups attached to an aromatic ring is 1. The van der Waals surface area contributed by atoms with Gasteiger partial charge in [0.05, 0.1) is 12.7 Å². The molecule has 0 saturated carbocycles. The molecule has 3 aromatic rings. The van der Waals surface area contributed by atoms with Crippen LogP contribution in [0.1, 0.15) is 5.01 Å². The average molecular weight is 261 g/mol. The Kier molecular flexibility index (Phi) is 2.41. The SMILES string of the molecule is COc1cc(N)ccc1-c1nnc2sc(C)nn12. The van der Waals surface area contributed by atoms with Gasteiger partial charge in [0.25, 0.3) is 0 Å². The lowest BCUT2D eigenvalue weighted by atomic mass is 10.1. The number of nitrogens with two attached hydrogens (primary N) is 1. The zero-order valence-corrected chi connectivity index (χ0v) is 10.7. The number of anilines is 1. The lowest BCUT2D eigenvalue weighted by molar-refractivity contribution is 0.416. The highest BCUT2D eigenvalue weighted by Gasteiger charge is 2.15. The Labute approximate surface area is 107 Å². The molecule has 3 rings (SSSR count). The summed E-state index contributed by atoms with van der Waals surface area (Å²) in [6.45, 7) is 1.93. The molecule has 0 radical (unpaired) electrons. The zero-order chi connectivity index (χ0) is 12.7. The van der Waals surface area contributed by atoms with Crippen molar-refractivity contribution in [3.63, 3.8) is 0 Å². The van der Waals surface area contributed by atoms with Gasteiger partial charge in [-0.2, -0.15) is 9.61 Å². The predicted molar refractivity (Wildman–Crippen MR) is 69.8 cm³/mol. The van der Waals surface area contributed by atoms with E-state index in [4.69, 9.17) is 10.5 Å². The van der Waals surface area contributed by atoms with E-state index in [-0.39, 0.29) is 0 Å². The molecule has 0 aliphatic heterocycles. The highest BCUT2D eigenvalue weighted by molar-refractivity contribution is 7.16. The van der Waals surface area contributed by atoms with Crippen LogP contribution in [0, 0.1) is 6.92 Å². The van der Waals surface area contributed by atoms with Gasteiger partial charge in [-0.3, -0.25) is 0 Å². The molecule has 1 aromatic carbocycles. The van der Waals surface area contributed by atoms with Crippen molar-refractivity contribution in [2.24, 2.45) is 0 Å². The summed E-state index contributed by atoms with van der Waals surface area (Å²) in [5, 5.41) is 13.6. The van der Waals surface area contributed by atoms with Crippen molar-refractivity contribution in [2.75, 3.05) is 12.8 Å². The Morgan fingerprint density at radius 1 is 1.33 bits per heavy atom. The van der Waals surface area contributed by atoms with Gasteiger partial charge in [-0.15, -0.1) is 10.2 Å². The number of ether oxygens (including phenoxy) is 1. The molecule has 7 heteroatoms. The first-order valence-corrected chi connectivity index (χ1v) is 6.13. The van der Waals surface area contributed by atoms with Crippen LogP contribution in [-0.2, 0) is 0 Å². The van der Waals surface area contributed by atoms with E-state index in [1.54, 1.807) is 23.8 Å². The molecule has 2 heterocycles. The first-order chi connectivity index (χ1) is 8.69. The third kappa shape index (κ3) is 1.60. The van der Waals surface area contributed by atoms with E-state index in [0.717, 1.165) is 15.5 Å². The standard InChI is InChI=1S/C11H11N5OS/c1-6-15-16-10(13-14-11(16)18-6)8-4-3-7(12)5-9(8)17-2/h3-5H,12H2,1-2H3. The predicted octanol–water partition coefficient (Wildman–Crippen LogP) is 1.75. The molecule has 0 unspecified atom stereocenters. The summed E-state index contributed by atoms with van der Waals surface area (Å²) < 4.78 is 7.04. The van der Waals surface area contributed by atoms with Crippen LogP contribution in [0.4, 0.5) is 5.69 Å². The quantitative estimate of drug-likeness (QED) is 0.711. The van der Waals surface area contributed by atoms with Gasteiger partial charge in [0.2, 0.25) is 4.96 Å². The van der Waals surface area contributed by atoms with Crippen molar-refractivity contribution in [3.8, 4) is 17.1 Å². The van der Waals surface area contributed by atoms with E-state index in [1.807, 2.05) is 13.0 Å². The average Bonchev–Trinajstić information content (AvgIpc) is 2.88. The Morgan fingerprint density at radius 2 is 2.17 bits per heavy atom. The molecule has 0 aliphatic rings. The summed E-state index contributed by atoms with van der Waals surface area (Å²) in [6, 6.07) is 5.42. The molecule has 2 aromatic heterocycles. The van der Waals surface area contributed by atoms with Crippen LogP contribution < -0.4 is 10.5 Å². The van der Waals surface area contributed by atoms with Gasteiger partial charge < -0.3 is 10.5 Å². The van der Waals surface area contributed by atoms with Gasteiger partial charge in [0.15, 0.2) is 5.82 Å². The third-order valence-electron chi connectivity index (χ3n) is 2.56. The number of hydrogen-bond donors (Lipinski definition) is 1. The second-order valence-corrected chi connectivity index (χ2v) is 4.96. The molecular weight excluding hydrogens is 250 g/mol. The van der Waals surface area contributed by atoms with Crippen molar-refractivity contribution < 1.29 is 4.74 Å². The number of aryl methyl sites for hydroxylation is 1. The largest absolute Gasteiger partial charge is 0.496 e. The molecule has 0 atom stereocenters. The van der Waals surface area contributed by atoms with E-state index < -0.39 is 0 Å². The van der Waals surface area contributed by atoms with Crippen molar-refractivity contribution in [1.82, 2.24) is 19.8 Å². The molecule has 0 bridgehead atoms. The van der Waals surface area contributed by atoms with Crippen molar-refractivity contribution in [2.45, 2.75) is 6.92 Å². The number of methoxy groups -OCH3 is 1. The number of nitrogens with zero attached hydrogens (tertiary/aromatic N) is 4. The molecule has 6 nitrogen and oxygen atoms in total. The maximum atomic E-state index is 5.74. The molecule has 0 aliphatic carbocycles. The zero-order valence-electron chi connectivity index (χ0n) is 9.91.